The Morgan fingerprint density at radius 3 is 2.90 bits per heavy atom. The third kappa shape index (κ3) is 4.10. The molecule has 2 aromatic heterocycles. The van der Waals surface area contributed by atoms with Gasteiger partial charge in [-0.25, -0.2) is 0 Å². The molecule has 2 N–H and O–H groups in total. The van der Waals surface area contributed by atoms with Crippen LogP contribution in [0.15, 0.2) is 28.9 Å². The first-order valence-corrected chi connectivity index (χ1v) is 6.32. The lowest BCUT2D eigenvalue weighted by atomic mass is 10.2. The van der Waals surface area contributed by atoms with Gasteiger partial charge in [-0.15, -0.1) is 0 Å². The molecule has 1 amide bonds. The predicted molar refractivity (Wildman–Crippen MR) is 71.1 cm³/mol. The van der Waals surface area contributed by atoms with Crippen LogP contribution in [0.4, 0.5) is 0 Å². The van der Waals surface area contributed by atoms with Gasteiger partial charge in [0.05, 0.1) is 0 Å². The maximum Gasteiger partial charge on any atom is 0.325 e. The molecular formula is C13H14N4O4. The average Bonchev–Trinajstić information content (AvgIpc) is 2.95. The molecule has 21 heavy (non-hydrogen) atoms. The van der Waals surface area contributed by atoms with E-state index in [2.05, 4.69) is 20.4 Å². The molecule has 1 unspecified atom stereocenters. The quantitative estimate of drug-likeness (QED) is 0.801. The number of amides is 1. The van der Waals surface area contributed by atoms with Crippen molar-refractivity contribution in [2.45, 2.75) is 25.8 Å². The molecule has 0 aliphatic heterocycles. The van der Waals surface area contributed by atoms with Crippen molar-refractivity contribution in [3.63, 3.8) is 0 Å². The molecule has 0 aliphatic carbocycles. The van der Waals surface area contributed by atoms with Crippen LogP contribution in [0.2, 0.25) is 0 Å². The van der Waals surface area contributed by atoms with E-state index in [1.165, 1.54) is 6.92 Å². The van der Waals surface area contributed by atoms with Crippen molar-refractivity contribution in [2.75, 3.05) is 0 Å². The first-order valence-electron chi connectivity index (χ1n) is 6.32. The number of carbonyl (C=O) groups excluding carboxylic acids is 1. The molecule has 0 bridgehead atoms. The molecule has 2 heterocycles. The number of nitrogens with zero attached hydrogens (tertiary/aromatic N) is 3. The number of pyridine rings is 1. The Labute approximate surface area is 120 Å². The predicted octanol–water partition coefficient (Wildman–Crippen LogP) is 0.654. The van der Waals surface area contributed by atoms with Crippen molar-refractivity contribution in [3.8, 4) is 11.5 Å². The number of hydrogen-bond acceptors (Lipinski definition) is 6. The van der Waals surface area contributed by atoms with E-state index in [-0.39, 0.29) is 18.7 Å². The molecule has 0 saturated heterocycles. The standard InChI is InChI=1S/C13H14N4O4/c1-8(13(19)20)15-10(18)5-6-11-16-12(17-21-11)9-4-2-3-7-14-9/h2-4,7-8H,5-6H2,1H3,(H,15,18)(H,19,20). The highest BCUT2D eigenvalue weighted by Gasteiger charge is 2.15. The summed E-state index contributed by atoms with van der Waals surface area (Å²) in [5.74, 6) is -0.820. The molecule has 1 atom stereocenters. The summed E-state index contributed by atoms with van der Waals surface area (Å²) in [4.78, 5) is 30.4. The van der Waals surface area contributed by atoms with E-state index in [9.17, 15) is 9.59 Å². The SMILES string of the molecule is CC(NC(=O)CCc1nc(-c2ccccn2)no1)C(=O)O. The van der Waals surface area contributed by atoms with Crippen LogP contribution in [-0.2, 0) is 16.0 Å². The lowest BCUT2D eigenvalue weighted by molar-refractivity contribution is -0.141. The van der Waals surface area contributed by atoms with Gasteiger partial charge in [-0.1, -0.05) is 11.2 Å². The fourth-order valence-corrected chi connectivity index (χ4v) is 1.55. The zero-order chi connectivity index (χ0) is 15.2. The third-order valence-corrected chi connectivity index (χ3v) is 2.68. The second-order valence-electron chi connectivity index (χ2n) is 4.35. The van der Waals surface area contributed by atoms with Gasteiger partial charge in [-0.3, -0.25) is 14.6 Å². The minimum Gasteiger partial charge on any atom is -0.480 e. The van der Waals surface area contributed by atoms with E-state index in [0.717, 1.165) is 0 Å². The minimum absolute atomic E-state index is 0.0709. The molecule has 0 saturated carbocycles. The van der Waals surface area contributed by atoms with E-state index >= 15 is 0 Å². The van der Waals surface area contributed by atoms with Crippen LogP contribution in [0.3, 0.4) is 0 Å². The third-order valence-electron chi connectivity index (χ3n) is 2.68. The van der Waals surface area contributed by atoms with Crippen LogP contribution in [0.5, 0.6) is 0 Å². The highest BCUT2D eigenvalue weighted by atomic mass is 16.5. The van der Waals surface area contributed by atoms with Gasteiger partial charge >= 0.3 is 5.97 Å². The number of nitrogens with one attached hydrogen (secondary N) is 1. The smallest absolute Gasteiger partial charge is 0.325 e. The normalized spacial score (nSPS) is 11.9. The summed E-state index contributed by atoms with van der Waals surface area (Å²) >= 11 is 0. The Morgan fingerprint density at radius 2 is 2.24 bits per heavy atom. The maximum atomic E-state index is 11.5. The summed E-state index contributed by atoms with van der Waals surface area (Å²) in [6.07, 6.45) is 1.92. The molecular weight excluding hydrogens is 276 g/mol. The fourth-order valence-electron chi connectivity index (χ4n) is 1.55. The van der Waals surface area contributed by atoms with Gasteiger partial charge < -0.3 is 14.9 Å². The zero-order valence-electron chi connectivity index (χ0n) is 11.3. The second kappa shape index (κ2) is 6.60. The van der Waals surface area contributed by atoms with Gasteiger partial charge in [0, 0.05) is 19.0 Å². The van der Waals surface area contributed by atoms with Gasteiger partial charge in [0.25, 0.3) is 0 Å². The average molecular weight is 290 g/mol. The first-order chi connectivity index (χ1) is 10.1. The zero-order valence-corrected chi connectivity index (χ0v) is 11.3. The molecule has 0 spiro atoms. The lowest BCUT2D eigenvalue weighted by Gasteiger charge is -2.07. The summed E-state index contributed by atoms with van der Waals surface area (Å²) < 4.78 is 5.02. The number of carboxylic acids is 1. The maximum absolute atomic E-state index is 11.5. The van der Waals surface area contributed by atoms with E-state index in [1.54, 1.807) is 24.4 Å². The minimum atomic E-state index is -1.08. The van der Waals surface area contributed by atoms with Gasteiger partial charge in [0.15, 0.2) is 0 Å². The van der Waals surface area contributed by atoms with E-state index in [1.807, 2.05) is 0 Å². The molecule has 2 aromatic rings. The largest absolute Gasteiger partial charge is 0.480 e. The summed E-state index contributed by atoms with van der Waals surface area (Å²) in [5, 5.41) is 14.8. The summed E-state index contributed by atoms with van der Waals surface area (Å²) in [7, 11) is 0. The number of hydrogen-bond donors (Lipinski definition) is 2. The van der Waals surface area contributed by atoms with Crippen LogP contribution in [0.25, 0.3) is 11.5 Å². The number of aromatic nitrogens is 3. The Bertz CT molecular complexity index is 626. The van der Waals surface area contributed by atoms with Gasteiger partial charge in [0.1, 0.15) is 11.7 Å². The van der Waals surface area contributed by atoms with Crippen LogP contribution < -0.4 is 5.32 Å². The lowest BCUT2D eigenvalue weighted by Crippen LogP contribution is -2.38. The molecule has 0 radical (unpaired) electrons. The summed E-state index contributed by atoms with van der Waals surface area (Å²) in [6.45, 7) is 1.39. The van der Waals surface area contributed by atoms with Gasteiger partial charge in [0.2, 0.25) is 17.6 Å². The van der Waals surface area contributed by atoms with Gasteiger partial charge in [-0.2, -0.15) is 4.98 Å². The molecule has 0 fully saturated rings. The van der Waals surface area contributed by atoms with Crippen molar-refractivity contribution >= 4 is 11.9 Å². The summed E-state index contributed by atoms with van der Waals surface area (Å²) in [6, 6.07) is 4.40. The van der Waals surface area contributed by atoms with E-state index < -0.39 is 12.0 Å². The molecule has 0 aromatic carbocycles. The van der Waals surface area contributed by atoms with E-state index in [0.29, 0.717) is 17.4 Å². The highest BCUT2D eigenvalue weighted by Crippen LogP contribution is 2.12. The van der Waals surface area contributed by atoms with Crippen molar-refractivity contribution in [1.29, 1.82) is 0 Å². The van der Waals surface area contributed by atoms with Crippen molar-refractivity contribution in [2.24, 2.45) is 0 Å². The Kier molecular flexibility index (Phi) is 4.60. The molecule has 8 nitrogen and oxygen atoms in total. The Hall–Kier alpha value is -2.77. The topological polar surface area (TPSA) is 118 Å². The Morgan fingerprint density at radius 1 is 1.43 bits per heavy atom. The fraction of sp³-hybridized carbons (Fsp3) is 0.308. The monoisotopic (exact) mass is 290 g/mol. The van der Waals surface area contributed by atoms with Crippen molar-refractivity contribution < 1.29 is 19.2 Å². The molecule has 2 rings (SSSR count). The Balaban J connectivity index is 1.89. The number of aryl methyl sites for hydroxylation is 1. The van der Waals surface area contributed by atoms with Crippen molar-refractivity contribution in [3.05, 3.63) is 30.3 Å². The molecule has 110 valence electrons. The summed E-state index contributed by atoms with van der Waals surface area (Å²) in [5.41, 5.74) is 0.580. The number of carbonyl (C=O) groups is 2. The molecule has 0 aliphatic rings. The highest BCUT2D eigenvalue weighted by molar-refractivity contribution is 5.83. The first kappa shape index (κ1) is 14.6. The van der Waals surface area contributed by atoms with Crippen LogP contribution in [0, 0.1) is 0 Å². The van der Waals surface area contributed by atoms with Crippen molar-refractivity contribution in [1.82, 2.24) is 20.4 Å². The van der Waals surface area contributed by atoms with Gasteiger partial charge in [-0.05, 0) is 19.1 Å². The van der Waals surface area contributed by atoms with Crippen LogP contribution in [-0.4, -0.2) is 38.1 Å². The van der Waals surface area contributed by atoms with Crippen LogP contribution >= 0.6 is 0 Å². The number of aliphatic carboxylic acids is 1. The number of rotatable bonds is 6. The second-order valence-corrected chi connectivity index (χ2v) is 4.35. The molecule has 8 heteroatoms. The number of carboxylic acid groups (broad SMARTS) is 1. The van der Waals surface area contributed by atoms with Crippen LogP contribution in [0.1, 0.15) is 19.2 Å². The van der Waals surface area contributed by atoms with E-state index in [4.69, 9.17) is 9.63 Å².